The first-order valence-electron chi connectivity index (χ1n) is 10.3. The number of rotatable bonds is 9. The Morgan fingerprint density at radius 2 is 1.91 bits per heavy atom. The molecule has 0 atom stereocenters. The normalized spacial score (nSPS) is 15.2. The molecule has 0 amide bonds. The smallest absolute Gasteiger partial charge is 0.264 e. The third kappa shape index (κ3) is 7.57. The van der Waals surface area contributed by atoms with Crippen LogP contribution in [0.2, 0.25) is 10.0 Å². The van der Waals surface area contributed by atoms with Gasteiger partial charge in [-0.15, -0.1) is 0 Å². The second-order valence-electron chi connectivity index (χ2n) is 7.54. The van der Waals surface area contributed by atoms with Crippen molar-refractivity contribution in [3.8, 4) is 0 Å². The van der Waals surface area contributed by atoms with Crippen molar-refractivity contribution in [3.63, 3.8) is 0 Å². The number of allylic oxidation sites excluding steroid dienone is 3. The molecule has 1 aliphatic heterocycles. The van der Waals surface area contributed by atoms with E-state index in [2.05, 4.69) is 30.6 Å². The summed E-state index contributed by atoms with van der Waals surface area (Å²) in [5.41, 5.74) is 3.14. The summed E-state index contributed by atoms with van der Waals surface area (Å²) in [5, 5.41) is 2.31. The first-order valence-corrected chi connectivity index (χ1v) is 14.3. The fourth-order valence-electron chi connectivity index (χ4n) is 3.33. The standard InChI is InChI=1S/C24H25Cl2NO3S3/c1-4-18(13-17(3)31-22-8-6-19(25)12-16(22)2)14-24-27(10-5-11-33(28,29)30)21-15-20(26)7-9-23(21)32-24/h6-9,12-15H,3-5,10-11H2,1-2H3,(H,28,29,30)/b18-13+,24-14-. The maximum absolute atomic E-state index is 11.2. The van der Waals surface area contributed by atoms with Crippen molar-refractivity contribution in [2.24, 2.45) is 0 Å². The lowest BCUT2D eigenvalue weighted by molar-refractivity contribution is 0.481. The van der Waals surface area contributed by atoms with E-state index in [0.29, 0.717) is 23.0 Å². The average Bonchev–Trinajstić information content (AvgIpc) is 3.05. The molecule has 9 heteroatoms. The van der Waals surface area contributed by atoms with Gasteiger partial charge in [-0.1, -0.05) is 60.2 Å². The summed E-state index contributed by atoms with van der Waals surface area (Å²) >= 11 is 15.5. The summed E-state index contributed by atoms with van der Waals surface area (Å²) < 4.78 is 31.5. The predicted octanol–water partition coefficient (Wildman–Crippen LogP) is 7.98. The average molecular weight is 543 g/mol. The van der Waals surface area contributed by atoms with Gasteiger partial charge in [0.1, 0.15) is 0 Å². The Morgan fingerprint density at radius 3 is 2.58 bits per heavy atom. The van der Waals surface area contributed by atoms with Gasteiger partial charge in [0.05, 0.1) is 16.5 Å². The first-order chi connectivity index (χ1) is 15.6. The second-order valence-corrected chi connectivity index (χ2v) is 12.2. The molecule has 0 saturated heterocycles. The van der Waals surface area contributed by atoms with E-state index >= 15 is 0 Å². The minimum Gasteiger partial charge on any atom is -0.335 e. The van der Waals surface area contributed by atoms with Crippen LogP contribution in [-0.2, 0) is 10.1 Å². The summed E-state index contributed by atoms with van der Waals surface area (Å²) in [4.78, 5) is 5.13. The molecule has 33 heavy (non-hydrogen) atoms. The number of hydrogen-bond acceptors (Lipinski definition) is 5. The van der Waals surface area contributed by atoms with Gasteiger partial charge in [-0.05, 0) is 79.5 Å². The van der Waals surface area contributed by atoms with Crippen molar-refractivity contribution in [2.45, 2.75) is 36.5 Å². The molecule has 4 nitrogen and oxygen atoms in total. The number of aryl methyl sites for hydroxylation is 1. The van der Waals surface area contributed by atoms with E-state index < -0.39 is 10.1 Å². The lowest BCUT2D eigenvalue weighted by atomic mass is 10.2. The largest absolute Gasteiger partial charge is 0.335 e. The molecule has 0 saturated carbocycles. The lowest BCUT2D eigenvalue weighted by Crippen LogP contribution is -2.21. The summed E-state index contributed by atoms with van der Waals surface area (Å²) in [6, 6.07) is 11.5. The van der Waals surface area contributed by atoms with Gasteiger partial charge in [-0.3, -0.25) is 4.55 Å². The highest BCUT2D eigenvalue weighted by molar-refractivity contribution is 8.03. The van der Waals surface area contributed by atoms with Gasteiger partial charge in [-0.2, -0.15) is 8.42 Å². The number of thioether (sulfide) groups is 2. The van der Waals surface area contributed by atoms with Crippen LogP contribution >= 0.6 is 46.7 Å². The Kier molecular flexibility index (Phi) is 9.06. The van der Waals surface area contributed by atoms with E-state index in [9.17, 15) is 8.42 Å². The first kappa shape index (κ1) is 26.3. The molecule has 2 aromatic carbocycles. The molecule has 0 unspecified atom stereocenters. The van der Waals surface area contributed by atoms with Crippen LogP contribution in [0.4, 0.5) is 5.69 Å². The lowest BCUT2D eigenvalue weighted by Gasteiger charge is -2.21. The van der Waals surface area contributed by atoms with Gasteiger partial charge in [0.25, 0.3) is 10.1 Å². The van der Waals surface area contributed by atoms with E-state index in [1.807, 2.05) is 43.3 Å². The van der Waals surface area contributed by atoms with Crippen molar-refractivity contribution < 1.29 is 13.0 Å². The number of nitrogens with zero attached hydrogens (tertiary/aromatic N) is 1. The molecular formula is C24H25Cl2NO3S3. The van der Waals surface area contributed by atoms with Crippen LogP contribution in [0, 0.1) is 6.92 Å². The molecule has 0 bridgehead atoms. The van der Waals surface area contributed by atoms with Crippen LogP contribution in [0.1, 0.15) is 25.3 Å². The highest BCUT2D eigenvalue weighted by Gasteiger charge is 2.25. The number of anilines is 1. The SMILES string of the molecule is C=C(/C=C(/C=C1\Sc2ccc(Cl)cc2N1CCCS(=O)(=O)O)CC)Sc1ccc(Cl)cc1C. The van der Waals surface area contributed by atoms with Crippen molar-refractivity contribution in [3.05, 3.63) is 86.2 Å². The van der Waals surface area contributed by atoms with E-state index in [1.165, 1.54) is 0 Å². The molecule has 1 N–H and O–H groups in total. The summed E-state index contributed by atoms with van der Waals surface area (Å²) in [6.07, 6.45) is 5.27. The number of halogens is 2. The summed E-state index contributed by atoms with van der Waals surface area (Å²) in [5.74, 6) is -0.290. The Hall–Kier alpha value is -1.35. The van der Waals surface area contributed by atoms with E-state index in [0.717, 1.165) is 43.0 Å². The van der Waals surface area contributed by atoms with E-state index in [-0.39, 0.29) is 5.75 Å². The maximum atomic E-state index is 11.2. The van der Waals surface area contributed by atoms with Crippen LogP contribution in [0.15, 0.2) is 80.4 Å². The Morgan fingerprint density at radius 1 is 1.21 bits per heavy atom. The topological polar surface area (TPSA) is 57.6 Å². The van der Waals surface area contributed by atoms with Gasteiger partial charge in [0.15, 0.2) is 0 Å². The van der Waals surface area contributed by atoms with Crippen LogP contribution < -0.4 is 4.90 Å². The van der Waals surface area contributed by atoms with Gasteiger partial charge in [0, 0.05) is 31.3 Å². The molecule has 1 heterocycles. The molecule has 3 rings (SSSR count). The zero-order chi connectivity index (χ0) is 24.2. The van der Waals surface area contributed by atoms with Gasteiger partial charge >= 0.3 is 0 Å². The number of hydrogen-bond donors (Lipinski definition) is 1. The van der Waals surface area contributed by atoms with Crippen molar-refractivity contribution in [2.75, 3.05) is 17.2 Å². The van der Waals surface area contributed by atoms with Crippen LogP contribution in [0.3, 0.4) is 0 Å². The molecule has 0 radical (unpaired) electrons. The molecule has 0 aliphatic carbocycles. The minimum atomic E-state index is -4.01. The Labute approximate surface area is 214 Å². The molecular weight excluding hydrogens is 517 g/mol. The maximum Gasteiger partial charge on any atom is 0.264 e. The molecule has 0 spiro atoms. The summed E-state index contributed by atoms with van der Waals surface area (Å²) in [7, 11) is -4.01. The minimum absolute atomic E-state index is 0.290. The fourth-order valence-corrected chi connectivity index (χ4v) is 6.21. The molecule has 1 aliphatic rings. The van der Waals surface area contributed by atoms with Crippen molar-refractivity contribution in [1.29, 1.82) is 0 Å². The molecule has 0 aromatic heterocycles. The van der Waals surface area contributed by atoms with Crippen LogP contribution in [0.5, 0.6) is 0 Å². The zero-order valence-corrected chi connectivity index (χ0v) is 22.3. The molecule has 0 fully saturated rings. The predicted molar refractivity (Wildman–Crippen MR) is 143 cm³/mol. The van der Waals surface area contributed by atoms with Gasteiger partial charge in [-0.25, -0.2) is 0 Å². The summed E-state index contributed by atoms with van der Waals surface area (Å²) in [6.45, 7) is 8.77. The quantitative estimate of drug-likeness (QED) is 0.197. The van der Waals surface area contributed by atoms with Crippen LogP contribution in [0.25, 0.3) is 0 Å². The van der Waals surface area contributed by atoms with E-state index in [1.54, 1.807) is 23.5 Å². The number of fused-ring (bicyclic) bond motifs is 1. The van der Waals surface area contributed by atoms with Crippen molar-refractivity contribution in [1.82, 2.24) is 0 Å². The van der Waals surface area contributed by atoms with Gasteiger partial charge < -0.3 is 4.90 Å². The van der Waals surface area contributed by atoms with Crippen LogP contribution in [-0.4, -0.2) is 25.3 Å². The third-order valence-corrected chi connectivity index (χ3v) is 8.36. The van der Waals surface area contributed by atoms with E-state index in [4.69, 9.17) is 27.8 Å². The zero-order valence-electron chi connectivity index (χ0n) is 18.3. The number of benzene rings is 2. The van der Waals surface area contributed by atoms with Gasteiger partial charge in [0.2, 0.25) is 0 Å². The fraction of sp³-hybridized carbons (Fsp3) is 0.250. The van der Waals surface area contributed by atoms with Crippen molar-refractivity contribution >= 4 is 62.5 Å². The highest BCUT2D eigenvalue weighted by Crippen LogP contribution is 2.47. The second kappa shape index (κ2) is 11.4. The highest BCUT2D eigenvalue weighted by atomic mass is 35.5. The molecule has 2 aromatic rings. The monoisotopic (exact) mass is 541 g/mol. The molecule has 176 valence electrons. The Balaban J connectivity index is 1.84. The Bertz CT molecular complexity index is 1220. The third-order valence-electron chi connectivity index (χ3n) is 4.92.